The molecule has 0 unspecified atom stereocenters. The van der Waals surface area contributed by atoms with Gasteiger partial charge in [0.25, 0.3) is 0 Å². The number of hydrogen-bond donors (Lipinski definition) is 0. The van der Waals surface area contributed by atoms with Crippen molar-refractivity contribution in [3.63, 3.8) is 0 Å². The van der Waals surface area contributed by atoms with Gasteiger partial charge in [0.15, 0.2) is 6.10 Å². The van der Waals surface area contributed by atoms with E-state index < -0.39 is 6.10 Å². The highest BCUT2D eigenvalue weighted by molar-refractivity contribution is 6.22. The number of carbonyl (C=O) groups excluding carboxylic acids is 3. The van der Waals surface area contributed by atoms with Gasteiger partial charge < -0.3 is 4.74 Å². The zero-order valence-corrected chi connectivity index (χ0v) is 16.9. The van der Waals surface area contributed by atoms with Crippen molar-refractivity contribution in [3.05, 3.63) is 71.8 Å². The summed E-state index contributed by atoms with van der Waals surface area (Å²) >= 11 is 0. The Morgan fingerprint density at radius 2 is 1.63 bits per heavy atom. The smallest absolute Gasteiger partial charge is 0.238 e. The van der Waals surface area contributed by atoms with Gasteiger partial charge in [0.1, 0.15) is 5.75 Å². The highest BCUT2D eigenvalue weighted by Gasteiger charge is 2.59. The molecule has 5 nitrogen and oxygen atoms in total. The van der Waals surface area contributed by atoms with Crippen LogP contribution in [0.5, 0.6) is 5.75 Å². The summed E-state index contributed by atoms with van der Waals surface area (Å²) in [4.78, 5) is 40.0. The van der Waals surface area contributed by atoms with Crippen molar-refractivity contribution in [1.29, 1.82) is 0 Å². The van der Waals surface area contributed by atoms with Gasteiger partial charge in [-0.05, 0) is 44.2 Å². The largest absolute Gasteiger partial charge is 0.482 e. The van der Waals surface area contributed by atoms with E-state index in [4.69, 9.17) is 4.74 Å². The van der Waals surface area contributed by atoms with Crippen LogP contribution in [0.15, 0.2) is 60.7 Å². The van der Waals surface area contributed by atoms with Crippen molar-refractivity contribution in [1.82, 2.24) is 0 Å². The maximum absolute atomic E-state index is 13.0. The minimum Gasteiger partial charge on any atom is -0.482 e. The van der Waals surface area contributed by atoms with Crippen molar-refractivity contribution in [2.45, 2.75) is 26.4 Å². The van der Waals surface area contributed by atoms with Crippen LogP contribution < -0.4 is 9.64 Å². The van der Waals surface area contributed by atoms with Crippen LogP contribution >= 0.6 is 0 Å². The van der Waals surface area contributed by atoms with Gasteiger partial charge in [0.05, 0.1) is 17.5 Å². The first-order chi connectivity index (χ1) is 14.4. The summed E-state index contributed by atoms with van der Waals surface area (Å²) < 4.78 is 5.87. The summed E-state index contributed by atoms with van der Waals surface area (Å²) in [7, 11) is 0. The molecule has 5 rings (SSSR count). The van der Waals surface area contributed by atoms with Crippen molar-refractivity contribution in [2.24, 2.45) is 23.7 Å². The monoisotopic (exact) mass is 401 g/mol. The first kappa shape index (κ1) is 18.8. The number of ether oxygens (including phenoxy) is 1. The Morgan fingerprint density at radius 3 is 2.27 bits per heavy atom. The molecule has 0 N–H and O–H groups in total. The van der Waals surface area contributed by atoms with E-state index in [1.54, 1.807) is 43.3 Å². The van der Waals surface area contributed by atoms with E-state index >= 15 is 0 Å². The molecule has 2 fully saturated rings. The number of ketones is 1. The van der Waals surface area contributed by atoms with Crippen LogP contribution in [0.25, 0.3) is 0 Å². The third-order valence-electron chi connectivity index (χ3n) is 6.56. The quantitative estimate of drug-likeness (QED) is 0.432. The summed E-state index contributed by atoms with van der Waals surface area (Å²) in [5, 5.41) is 0. The molecule has 0 radical (unpaired) electrons. The van der Waals surface area contributed by atoms with E-state index in [0.29, 0.717) is 17.0 Å². The number of anilines is 1. The standard InChI is InChI=1S/C25H23NO4/c1-14-6-8-16(9-7-14)23(27)15(2)30-20-5-3-4-19(13-20)26-24(28)21-17-10-11-18(12-17)22(21)25(26)29/h3-11,13,15,17-18,21-22H,12H2,1-2H3/t15-,17-,18-,21-,22+/m0/s1. The summed E-state index contributed by atoms with van der Waals surface area (Å²) in [5.74, 6) is -0.0324. The Bertz CT molecular complexity index is 1040. The summed E-state index contributed by atoms with van der Waals surface area (Å²) in [6.45, 7) is 3.67. The highest BCUT2D eigenvalue weighted by Crippen LogP contribution is 2.53. The molecule has 2 aromatic rings. The number of aryl methyl sites for hydroxylation is 1. The van der Waals surface area contributed by atoms with Crippen LogP contribution in [0.2, 0.25) is 0 Å². The van der Waals surface area contributed by atoms with Crippen LogP contribution in [-0.2, 0) is 9.59 Å². The van der Waals surface area contributed by atoms with Crippen molar-refractivity contribution in [3.8, 4) is 5.75 Å². The third-order valence-corrected chi connectivity index (χ3v) is 6.56. The molecule has 1 saturated carbocycles. The number of Topliss-reactive ketones (excluding diaryl/α,β-unsaturated/α-hetero) is 1. The van der Waals surface area contributed by atoms with Gasteiger partial charge in [-0.15, -0.1) is 0 Å². The molecule has 2 amide bonds. The molecule has 2 aliphatic carbocycles. The molecule has 5 atom stereocenters. The van der Waals surface area contributed by atoms with E-state index in [-0.39, 0.29) is 41.3 Å². The number of allylic oxidation sites excluding steroid dienone is 2. The number of hydrogen-bond acceptors (Lipinski definition) is 4. The Hall–Kier alpha value is -3.21. The number of rotatable bonds is 5. The first-order valence-electron chi connectivity index (χ1n) is 10.4. The fraction of sp³-hybridized carbons (Fsp3) is 0.320. The van der Waals surface area contributed by atoms with Crippen LogP contribution in [0.4, 0.5) is 5.69 Å². The molecule has 2 bridgehead atoms. The molecule has 1 heterocycles. The second kappa shape index (κ2) is 6.94. The molecule has 5 heteroatoms. The lowest BCUT2D eigenvalue weighted by molar-refractivity contribution is -0.123. The molecular weight excluding hydrogens is 378 g/mol. The summed E-state index contributed by atoms with van der Waals surface area (Å²) in [6.07, 6.45) is 4.38. The van der Waals surface area contributed by atoms with Gasteiger partial charge in [-0.3, -0.25) is 14.4 Å². The Morgan fingerprint density at radius 1 is 1.00 bits per heavy atom. The van der Waals surface area contributed by atoms with Gasteiger partial charge in [0, 0.05) is 11.6 Å². The fourth-order valence-corrected chi connectivity index (χ4v) is 5.06. The number of benzene rings is 2. The molecule has 0 spiro atoms. The predicted octanol–water partition coefficient (Wildman–Crippen LogP) is 3.96. The molecule has 2 aromatic carbocycles. The second-order valence-corrected chi connectivity index (χ2v) is 8.50. The van der Waals surface area contributed by atoms with Gasteiger partial charge in [-0.2, -0.15) is 0 Å². The number of carbonyl (C=O) groups is 3. The Kier molecular flexibility index (Phi) is 4.35. The van der Waals surface area contributed by atoms with Crippen LogP contribution in [0, 0.1) is 30.6 Å². The zero-order chi connectivity index (χ0) is 21.0. The molecule has 0 aromatic heterocycles. The number of fused-ring (bicyclic) bond motifs is 5. The highest BCUT2D eigenvalue weighted by atomic mass is 16.5. The van der Waals surface area contributed by atoms with Crippen molar-refractivity contribution in [2.75, 3.05) is 4.90 Å². The lowest BCUT2D eigenvalue weighted by atomic mass is 9.85. The summed E-state index contributed by atoms with van der Waals surface area (Å²) in [6, 6.07) is 14.3. The zero-order valence-electron chi connectivity index (χ0n) is 16.9. The van der Waals surface area contributed by atoms with Gasteiger partial charge >= 0.3 is 0 Å². The maximum atomic E-state index is 13.0. The minimum absolute atomic E-state index is 0.120. The molecule has 30 heavy (non-hydrogen) atoms. The lowest BCUT2D eigenvalue weighted by Gasteiger charge is -2.19. The molecule has 1 aliphatic heterocycles. The summed E-state index contributed by atoms with van der Waals surface area (Å²) in [5.41, 5.74) is 2.18. The SMILES string of the molecule is Cc1ccc(C(=O)[C@H](C)Oc2cccc(N3C(=O)[C@@H]4[C@H](C3=O)[C@H]3C=C[C@H]4C3)c2)cc1. The predicted molar refractivity (Wildman–Crippen MR) is 112 cm³/mol. The van der Waals surface area contributed by atoms with Crippen LogP contribution in [0.1, 0.15) is 29.3 Å². The lowest BCUT2D eigenvalue weighted by Crippen LogP contribution is -2.33. The number of amides is 2. The maximum Gasteiger partial charge on any atom is 0.238 e. The number of nitrogens with zero attached hydrogens (tertiary/aromatic N) is 1. The number of imide groups is 1. The average molecular weight is 401 g/mol. The van der Waals surface area contributed by atoms with E-state index in [2.05, 4.69) is 12.2 Å². The molecule has 1 saturated heterocycles. The minimum atomic E-state index is -0.688. The topological polar surface area (TPSA) is 63.7 Å². The second-order valence-electron chi connectivity index (χ2n) is 8.50. The molecule has 152 valence electrons. The van der Waals surface area contributed by atoms with Crippen LogP contribution in [0.3, 0.4) is 0 Å². The van der Waals surface area contributed by atoms with E-state index in [0.717, 1.165) is 12.0 Å². The van der Waals surface area contributed by atoms with Gasteiger partial charge in [-0.1, -0.05) is 48.0 Å². The Labute approximate surface area is 175 Å². The fourth-order valence-electron chi connectivity index (χ4n) is 5.06. The third kappa shape index (κ3) is 2.88. The Balaban J connectivity index is 1.35. The van der Waals surface area contributed by atoms with E-state index in [1.165, 1.54) is 4.90 Å². The average Bonchev–Trinajstić information content (AvgIpc) is 3.42. The molecular formula is C25H23NO4. The normalized spacial score (nSPS) is 27.5. The van der Waals surface area contributed by atoms with E-state index in [9.17, 15) is 14.4 Å². The van der Waals surface area contributed by atoms with Crippen molar-refractivity contribution >= 4 is 23.3 Å². The van der Waals surface area contributed by atoms with Crippen molar-refractivity contribution < 1.29 is 19.1 Å². The van der Waals surface area contributed by atoms with Gasteiger partial charge in [0.2, 0.25) is 17.6 Å². The first-order valence-corrected chi connectivity index (χ1v) is 10.4. The van der Waals surface area contributed by atoms with Crippen LogP contribution in [-0.4, -0.2) is 23.7 Å². The molecule has 3 aliphatic rings. The van der Waals surface area contributed by atoms with E-state index in [1.807, 2.05) is 19.1 Å². The van der Waals surface area contributed by atoms with Gasteiger partial charge in [-0.25, -0.2) is 4.90 Å².